The van der Waals surface area contributed by atoms with Crippen molar-refractivity contribution >= 4 is 17.8 Å². The maximum Gasteiger partial charge on any atom is 0.320 e. The summed E-state index contributed by atoms with van der Waals surface area (Å²) in [5.41, 5.74) is -1.19. The highest BCUT2D eigenvalue weighted by Gasteiger charge is 2.23. The van der Waals surface area contributed by atoms with Crippen molar-refractivity contribution in [3.8, 4) is 12.3 Å². The second kappa shape index (κ2) is 14.9. The fourth-order valence-corrected chi connectivity index (χ4v) is 2.81. The normalized spacial score (nSPS) is 11.7. The first-order valence-corrected chi connectivity index (χ1v) is 11.2. The van der Waals surface area contributed by atoms with Crippen LogP contribution < -0.4 is 5.32 Å². The average Bonchev–Trinajstić information content (AvgIpc) is 2.58. The Morgan fingerprint density at radius 3 is 1.84 bits per heavy atom. The molecule has 0 unspecified atom stereocenters. The summed E-state index contributed by atoms with van der Waals surface area (Å²) in [5.74, 6) is 1.84. The van der Waals surface area contributed by atoms with E-state index in [-0.39, 0.29) is 19.0 Å². The number of carbonyl (C=O) groups excluding carboxylic acids is 3. The highest BCUT2D eigenvalue weighted by atomic mass is 16.6. The van der Waals surface area contributed by atoms with E-state index in [4.69, 9.17) is 15.9 Å². The van der Waals surface area contributed by atoms with Crippen LogP contribution in [-0.2, 0) is 23.9 Å². The summed E-state index contributed by atoms with van der Waals surface area (Å²) in [6.07, 6.45) is 11.0. The predicted octanol–water partition coefficient (Wildman–Crippen LogP) is 3.45. The van der Waals surface area contributed by atoms with Crippen molar-refractivity contribution in [2.75, 3.05) is 26.2 Å². The molecule has 0 aromatic rings. The molecular weight excluding hydrogens is 396 g/mol. The van der Waals surface area contributed by atoms with Crippen LogP contribution in [0.2, 0.25) is 0 Å². The van der Waals surface area contributed by atoms with Gasteiger partial charge in [0.15, 0.2) is 0 Å². The van der Waals surface area contributed by atoms with Crippen molar-refractivity contribution in [3.05, 3.63) is 0 Å². The Morgan fingerprint density at radius 2 is 1.35 bits per heavy atom. The molecule has 0 fully saturated rings. The van der Waals surface area contributed by atoms with Crippen molar-refractivity contribution in [2.45, 2.75) is 97.7 Å². The number of ether oxygens (including phenoxy) is 2. The van der Waals surface area contributed by atoms with Gasteiger partial charge in [0.25, 0.3) is 0 Å². The Kier molecular flexibility index (Phi) is 13.9. The maximum atomic E-state index is 12.2. The number of rotatable bonds is 14. The summed E-state index contributed by atoms with van der Waals surface area (Å²) in [4.78, 5) is 38.0. The molecule has 0 heterocycles. The van der Waals surface area contributed by atoms with Crippen LogP contribution in [0.1, 0.15) is 86.5 Å². The van der Waals surface area contributed by atoms with Gasteiger partial charge in [-0.05, 0) is 60.8 Å². The van der Waals surface area contributed by atoms with Gasteiger partial charge in [0.05, 0.1) is 13.1 Å². The minimum atomic E-state index is -0.594. The summed E-state index contributed by atoms with van der Waals surface area (Å²) in [7, 11) is 0. The van der Waals surface area contributed by atoms with E-state index in [9.17, 15) is 14.4 Å². The van der Waals surface area contributed by atoms with Crippen LogP contribution in [0.3, 0.4) is 0 Å². The minimum Gasteiger partial charge on any atom is -0.459 e. The third-order valence-electron chi connectivity index (χ3n) is 3.99. The van der Waals surface area contributed by atoms with Crippen LogP contribution in [0.4, 0.5) is 0 Å². The monoisotopic (exact) mass is 438 g/mol. The smallest absolute Gasteiger partial charge is 0.320 e. The highest BCUT2D eigenvalue weighted by molar-refractivity contribution is 5.76. The van der Waals surface area contributed by atoms with E-state index in [0.29, 0.717) is 25.9 Å². The molecule has 1 amide bonds. The van der Waals surface area contributed by atoms with E-state index in [1.54, 1.807) is 46.4 Å². The van der Waals surface area contributed by atoms with Gasteiger partial charge in [-0.25, -0.2) is 0 Å². The zero-order valence-electron chi connectivity index (χ0n) is 20.3. The summed E-state index contributed by atoms with van der Waals surface area (Å²) in [5, 5.41) is 2.89. The summed E-state index contributed by atoms with van der Waals surface area (Å²) in [6, 6.07) is 0. The molecule has 0 radical (unpaired) electrons. The quantitative estimate of drug-likeness (QED) is 0.254. The molecule has 0 saturated carbocycles. The lowest BCUT2D eigenvalue weighted by Crippen LogP contribution is -2.41. The molecule has 0 aliphatic carbocycles. The number of hydrogen-bond donors (Lipinski definition) is 1. The molecule has 1 N–H and O–H groups in total. The zero-order valence-corrected chi connectivity index (χ0v) is 20.3. The van der Waals surface area contributed by atoms with Crippen LogP contribution in [0.25, 0.3) is 0 Å². The van der Waals surface area contributed by atoms with Gasteiger partial charge in [-0.1, -0.05) is 12.8 Å². The van der Waals surface area contributed by atoms with E-state index in [1.807, 2.05) is 0 Å². The maximum absolute atomic E-state index is 12.2. The Bertz CT molecular complexity index is 567. The van der Waals surface area contributed by atoms with Gasteiger partial charge in [-0.15, -0.1) is 12.3 Å². The molecule has 0 aliphatic rings. The number of carbonyl (C=O) groups is 3. The zero-order chi connectivity index (χ0) is 23.9. The number of nitrogens with zero attached hydrogens (tertiary/aromatic N) is 1. The topological polar surface area (TPSA) is 84.9 Å². The Hall–Kier alpha value is -2.07. The molecule has 0 aromatic carbocycles. The molecule has 0 atom stereocenters. The molecule has 178 valence electrons. The first-order chi connectivity index (χ1) is 14.3. The second-order valence-electron chi connectivity index (χ2n) is 9.71. The van der Waals surface area contributed by atoms with Crippen molar-refractivity contribution in [3.63, 3.8) is 0 Å². The number of terminal acetylenes is 1. The Balaban J connectivity index is 4.40. The van der Waals surface area contributed by atoms with Crippen molar-refractivity contribution in [1.82, 2.24) is 10.2 Å². The molecule has 0 saturated heterocycles. The lowest BCUT2D eigenvalue weighted by molar-refractivity contribution is -0.160. The Morgan fingerprint density at radius 1 is 0.839 bits per heavy atom. The molecule has 0 aliphatic heterocycles. The first kappa shape index (κ1) is 28.9. The number of hydrogen-bond acceptors (Lipinski definition) is 6. The molecular formula is C24H42N2O5. The van der Waals surface area contributed by atoms with Crippen molar-refractivity contribution < 1.29 is 23.9 Å². The summed E-state index contributed by atoms with van der Waals surface area (Å²) in [6.45, 7) is 11.7. The molecule has 7 nitrogen and oxygen atoms in total. The molecule has 7 heteroatoms. The highest BCUT2D eigenvalue weighted by Crippen LogP contribution is 2.10. The van der Waals surface area contributed by atoms with Crippen LogP contribution in [0.5, 0.6) is 0 Å². The number of amides is 1. The molecule has 0 aromatic heterocycles. The first-order valence-electron chi connectivity index (χ1n) is 11.2. The van der Waals surface area contributed by atoms with E-state index >= 15 is 0 Å². The lowest BCUT2D eigenvalue weighted by atomic mass is 10.1. The van der Waals surface area contributed by atoms with Crippen molar-refractivity contribution in [2.24, 2.45) is 0 Å². The van der Waals surface area contributed by atoms with Gasteiger partial charge in [0, 0.05) is 25.9 Å². The third-order valence-corrected chi connectivity index (χ3v) is 3.99. The van der Waals surface area contributed by atoms with Gasteiger partial charge in [-0.2, -0.15) is 0 Å². The minimum absolute atomic E-state index is 0.0118. The van der Waals surface area contributed by atoms with E-state index < -0.39 is 23.1 Å². The Labute approximate surface area is 188 Å². The lowest BCUT2D eigenvalue weighted by Gasteiger charge is -2.26. The van der Waals surface area contributed by atoms with Gasteiger partial charge in [0.1, 0.15) is 11.2 Å². The van der Waals surface area contributed by atoms with Gasteiger partial charge < -0.3 is 14.8 Å². The molecule has 0 bridgehead atoms. The number of nitrogens with one attached hydrogen (secondary N) is 1. The molecule has 0 rings (SSSR count). The predicted molar refractivity (Wildman–Crippen MR) is 122 cm³/mol. The SMILES string of the molecule is C#CCCCCCCC(=O)NCCCN(CC(=O)OC(C)(C)C)CC(=O)OC(C)(C)C. The summed E-state index contributed by atoms with van der Waals surface area (Å²) < 4.78 is 10.7. The van der Waals surface area contributed by atoms with E-state index in [0.717, 1.165) is 32.1 Å². The summed E-state index contributed by atoms with van der Waals surface area (Å²) >= 11 is 0. The van der Waals surface area contributed by atoms with E-state index in [2.05, 4.69) is 11.2 Å². The number of esters is 2. The fourth-order valence-electron chi connectivity index (χ4n) is 2.81. The van der Waals surface area contributed by atoms with Crippen LogP contribution in [0, 0.1) is 12.3 Å². The van der Waals surface area contributed by atoms with Gasteiger partial charge in [-0.3, -0.25) is 19.3 Å². The molecule has 0 spiro atoms. The van der Waals surface area contributed by atoms with Gasteiger partial charge >= 0.3 is 11.9 Å². The van der Waals surface area contributed by atoms with Crippen LogP contribution in [-0.4, -0.2) is 60.1 Å². The largest absolute Gasteiger partial charge is 0.459 e. The van der Waals surface area contributed by atoms with Gasteiger partial charge in [0.2, 0.25) is 5.91 Å². The standard InChI is InChI=1S/C24H42N2O5/c1-8-9-10-11-12-13-15-20(27)25-16-14-17-26(18-21(28)30-23(2,3)4)19-22(29)31-24(5,6)7/h1H,9-19H2,2-7H3,(H,25,27). The second-order valence-corrected chi connectivity index (χ2v) is 9.71. The van der Waals surface area contributed by atoms with Crippen LogP contribution in [0.15, 0.2) is 0 Å². The van der Waals surface area contributed by atoms with E-state index in [1.165, 1.54) is 0 Å². The number of unbranched alkanes of at least 4 members (excludes halogenated alkanes) is 4. The fraction of sp³-hybridized carbons (Fsp3) is 0.792. The van der Waals surface area contributed by atoms with Crippen molar-refractivity contribution in [1.29, 1.82) is 0 Å². The third kappa shape index (κ3) is 19.6. The molecule has 31 heavy (non-hydrogen) atoms. The average molecular weight is 439 g/mol. The van der Waals surface area contributed by atoms with Crippen LogP contribution >= 0.6 is 0 Å².